The van der Waals surface area contributed by atoms with E-state index < -0.39 is 12.1 Å². The third-order valence-corrected chi connectivity index (χ3v) is 2.02. The SMILES string of the molecule is COC(=O)C(O)CNC(=O)CCCCCl. The Morgan fingerprint density at radius 2 is 2.13 bits per heavy atom. The van der Waals surface area contributed by atoms with Crippen molar-refractivity contribution in [3.05, 3.63) is 0 Å². The lowest BCUT2D eigenvalue weighted by Crippen LogP contribution is -2.37. The van der Waals surface area contributed by atoms with Gasteiger partial charge in [0.15, 0.2) is 6.10 Å². The van der Waals surface area contributed by atoms with Gasteiger partial charge >= 0.3 is 5.97 Å². The number of ether oxygens (including phenoxy) is 1. The number of hydrogen-bond acceptors (Lipinski definition) is 4. The van der Waals surface area contributed by atoms with Gasteiger partial charge in [-0.25, -0.2) is 4.79 Å². The maximum absolute atomic E-state index is 11.1. The van der Waals surface area contributed by atoms with Gasteiger partial charge in [0.05, 0.1) is 13.7 Å². The second-order valence-corrected chi connectivity index (χ2v) is 3.37. The number of unbranched alkanes of at least 4 members (excludes halogenated alkanes) is 1. The number of rotatable bonds is 7. The van der Waals surface area contributed by atoms with Crippen LogP contribution in [-0.4, -0.2) is 42.6 Å². The minimum atomic E-state index is -1.30. The molecule has 0 aliphatic rings. The molecule has 6 heteroatoms. The number of carbonyl (C=O) groups excluding carboxylic acids is 2. The van der Waals surface area contributed by atoms with E-state index in [0.29, 0.717) is 18.7 Å². The van der Waals surface area contributed by atoms with Gasteiger partial charge in [0, 0.05) is 12.3 Å². The molecule has 0 aliphatic carbocycles. The van der Waals surface area contributed by atoms with Crippen molar-refractivity contribution in [1.82, 2.24) is 5.32 Å². The summed E-state index contributed by atoms with van der Waals surface area (Å²) in [6, 6.07) is 0. The van der Waals surface area contributed by atoms with E-state index >= 15 is 0 Å². The van der Waals surface area contributed by atoms with Gasteiger partial charge in [0.25, 0.3) is 0 Å². The first-order valence-electron chi connectivity index (χ1n) is 4.70. The molecule has 2 N–H and O–H groups in total. The lowest BCUT2D eigenvalue weighted by molar-refractivity contribution is -0.150. The Morgan fingerprint density at radius 3 is 2.67 bits per heavy atom. The molecule has 88 valence electrons. The third kappa shape index (κ3) is 7.16. The second-order valence-electron chi connectivity index (χ2n) is 2.99. The standard InChI is InChI=1S/C9H16ClNO4/c1-15-9(14)7(12)6-11-8(13)4-2-3-5-10/h7,12H,2-6H2,1H3,(H,11,13). The van der Waals surface area contributed by atoms with Gasteiger partial charge in [-0.2, -0.15) is 0 Å². The molecule has 0 aromatic heterocycles. The third-order valence-electron chi connectivity index (χ3n) is 1.75. The molecule has 0 heterocycles. The fourth-order valence-electron chi connectivity index (χ4n) is 0.898. The van der Waals surface area contributed by atoms with Gasteiger partial charge < -0.3 is 15.2 Å². The smallest absolute Gasteiger partial charge is 0.336 e. The fraction of sp³-hybridized carbons (Fsp3) is 0.778. The molecule has 15 heavy (non-hydrogen) atoms. The van der Waals surface area contributed by atoms with E-state index in [2.05, 4.69) is 10.1 Å². The van der Waals surface area contributed by atoms with Crippen molar-refractivity contribution in [2.75, 3.05) is 19.5 Å². The number of nitrogens with one attached hydrogen (secondary N) is 1. The van der Waals surface area contributed by atoms with Crippen LogP contribution in [0.4, 0.5) is 0 Å². The van der Waals surface area contributed by atoms with Crippen molar-refractivity contribution in [3.63, 3.8) is 0 Å². The van der Waals surface area contributed by atoms with Crippen LogP contribution in [0.5, 0.6) is 0 Å². The monoisotopic (exact) mass is 237 g/mol. The normalized spacial score (nSPS) is 11.9. The number of esters is 1. The van der Waals surface area contributed by atoms with E-state index in [4.69, 9.17) is 16.7 Å². The highest BCUT2D eigenvalue weighted by molar-refractivity contribution is 6.17. The van der Waals surface area contributed by atoms with Crippen molar-refractivity contribution in [2.24, 2.45) is 0 Å². The molecule has 0 saturated heterocycles. The van der Waals surface area contributed by atoms with Crippen molar-refractivity contribution in [3.8, 4) is 0 Å². The molecule has 0 spiro atoms. The van der Waals surface area contributed by atoms with Gasteiger partial charge in [-0.05, 0) is 12.8 Å². The maximum Gasteiger partial charge on any atom is 0.336 e. The molecule has 0 aromatic rings. The number of aliphatic hydroxyl groups excluding tert-OH is 1. The zero-order chi connectivity index (χ0) is 11.7. The van der Waals surface area contributed by atoms with Crippen LogP contribution in [0.25, 0.3) is 0 Å². The number of methoxy groups -OCH3 is 1. The lowest BCUT2D eigenvalue weighted by atomic mass is 10.2. The number of hydrogen-bond donors (Lipinski definition) is 2. The van der Waals surface area contributed by atoms with Gasteiger partial charge in [-0.3, -0.25) is 4.79 Å². The molecule has 1 amide bonds. The van der Waals surface area contributed by atoms with Crippen molar-refractivity contribution in [2.45, 2.75) is 25.4 Å². The summed E-state index contributed by atoms with van der Waals surface area (Å²) >= 11 is 5.44. The van der Waals surface area contributed by atoms with Gasteiger partial charge in [-0.15, -0.1) is 11.6 Å². The Hall–Kier alpha value is -0.810. The Morgan fingerprint density at radius 1 is 1.47 bits per heavy atom. The molecule has 0 fully saturated rings. The van der Waals surface area contributed by atoms with Crippen molar-refractivity contribution >= 4 is 23.5 Å². The number of aliphatic hydroxyl groups is 1. The van der Waals surface area contributed by atoms with Crippen LogP contribution in [-0.2, 0) is 14.3 Å². The first-order valence-corrected chi connectivity index (χ1v) is 5.23. The molecule has 0 saturated carbocycles. The summed E-state index contributed by atoms with van der Waals surface area (Å²) in [6.45, 7) is -0.119. The zero-order valence-electron chi connectivity index (χ0n) is 8.66. The molecule has 1 atom stereocenters. The molecule has 1 unspecified atom stereocenters. The summed E-state index contributed by atoms with van der Waals surface area (Å²) in [5, 5.41) is 11.6. The minimum absolute atomic E-state index is 0.119. The topological polar surface area (TPSA) is 75.6 Å². The number of amides is 1. The van der Waals surface area contributed by atoms with Crippen LogP contribution >= 0.6 is 11.6 Å². The number of alkyl halides is 1. The maximum atomic E-state index is 11.1. The van der Waals surface area contributed by atoms with Crippen LogP contribution in [0.2, 0.25) is 0 Å². The van der Waals surface area contributed by atoms with E-state index in [9.17, 15) is 9.59 Å². The van der Waals surface area contributed by atoms with E-state index in [0.717, 1.165) is 6.42 Å². The molecule has 0 bridgehead atoms. The van der Waals surface area contributed by atoms with Crippen LogP contribution < -0.4 is 5.32 Å². The van der Waals surface area contributed by atoms with Gasteiger partial charge in [0.2, 0.25) is 5.91 Å². The Bertz CT molecular complexity index is 210. The molecular formula is C9H16ClNO4. The number of halogens is 1. The average molecular weight is 238 g/mol. The number of carbonyl (C=O) groups is 2. The van der Waals surface area contributed by atoms with Crippen LogP contribution in [0.15, 0.2) is 0 Å². The molecule has 5 nitrogen and oxygen atoms in total. The largest absolute Gasteiger partial charge is 0.467 e. The van der Waals surface area contributed by atoms with E-state index in [-0.39, 0.29) is 12.5 Å². The zero-order valence-corrected chi connectivity index (χ0v) is 9.42. The first-order chi connectivity index (χ1) is 7.11. The van der Waals surface area contributed by atoms with Crippen LogP contribution in [0, 0.1) is 0 Å². The second kappa shape index (κ2) is 8.49. The van der Waals surface area contributed by atoms with Crippen molar-refractivity contribution in [1.29, 1.82) is 0 Å². The first kappa shape index (κ1) is 14.2. The minimum Gasteiger partial charge on any atom is -0.467 e. The molecule has 0 rings (SSSR count). The van der Waals surface area contributed by atoms with Crippen LogP contribution in [0.1, 0.15) is 19.3 Å². The highest BCUT2D eigenvalue weighted by Crippen LogP contribution is 1.97. The van der Waals surface area contributed by atoms with Gasteiger partial charge in [-0.1, -0.05) is 0 Å². The summed E-state index contributed by atoms with van der Waals surface area (Å²) in [6.07, 6.45) is 0.519. The summed E-state index contributed by atoms with van der Waals surface area (Å²) in [7, 11) is 1.17. The molecule has 0 aliphatic heterocycles. The molecule has 0 aromatic carbocycles. The van der Waals surface area contributed by atoms with Crippen molar-refractivity contribution < 1.29 is 19.4 Å². The Kier molecular flexibility index (Phi) is 8.04. The molecular weight excluding hydrogens is 222 g/mol. The Labute approximate surface area is 93.7 Å². The highest BCUT2D eigenvalue weighted by Gasteiger charge is 2.15. The fourth-order valence-corrected chi connectivity index (χ4v) is 1.09. The quantitative estimate of drug-likeness (QED) is 0.373. The summed E-state index contributed by atoms with van der Waals surface area (Å²) < 4.78 is 4.29. The van der Waals surface area contributed by atoms with Gasteiger partial charge in [0.1, 0.15) is 0 Å². The predicted molar refractivity (Wildman–Crippen MR) is 55.6 cm³/mol. The summed E-state index contributed by atoms with van der Waals surface area (Å²) in [5.41, 5.74) is 0. The average Bonchev–Trinajstić information content (AvgIpc) is 2.25. The summed E-state index contributed by atoms with van der Waals surface area (Å²) in [4.78, 5) is 21.9. The van der Waals surface area contributed by atoms with E-state index in [1.54, 1.807) is 0 Å². The molecule has 0 radical (unpaired) electrons. The van der Waals surface area contributed by atoms with E-state index in [1.165, 1.54) is 7.11 Å². The lowest BCUT2D eigenvalue weighted by Gasteiger charge is -2.09. The van der Waals surface area contributed by atoms with E-state index in [1.807, 2.05) is 0 Å². The Balaban J connectivity index is 3.57. The van der Waals surface area contributed by atoms with Crippen LogP contribution in [0.3, 0.4) is 0 Å². The predicted octanol–water partition coefficient (Wildman–Crippen LogP) is 0.0456. The highest BCUT2D eigenvalue weighted by atomic mass is 35.5. The summed E-state index contributed by atoms with van der Waals surface area (Å²) in [5.74, 6) is -0.433.